The molecule has 2 N–H and O–H groups in total. The van der Waals surface area contributed by atoms with Crippen LogP contribution < -0.4 is 19.9 Å². The number of aryl methyl sites for hydroxylation is 2. The molecule has 16 heteroatoms. The van der Waals surface area contributed by atoms with Gasteiger partial charge in [0.25, 0.3) is 5.56 Å². The van der Waals surface area contributed by atoms with Gasteiger partial charge in [0.1, 0.15) is 17.6 Å². The number of hydrogen-bond donors (Lipinski definition) is 2. The summed E-state index contributed by atoms with van der Waals surface area (Å²) in [5.74, 6) is 0.0944. The van der Waals surface area contributed by atoms with Crippen LogP contribution in [-0.4, -0.2) is 53.1 Å². The van der Waals surface area contributed by atoms with Crippen molar-refractivity contribution in [1.29, 1.82) is 5.26 Å². The van der Waals surface area contributed by atoms with E-state index >= 15 is 0 Å². The van der Waals surface area contributed by atoms with Gasteiger partial charge >= 0.3 is 6.18 Å². The lowest BCUT2D eigenvalue weighted by atomic mass is 10.1. The predicted molar refractivity (Wildman–Crippen MR) is 156 cm³/mol. The molecule has 0 bridgehead atoms. The third-order valence-corrected chi connectivity index (χ3v) is 8.75. The van der Waals surface area contributed by atoms with Gasteiger partial charge in [-0.2, -0.15) is 23.2 Å². The van der Waals surface area contributed by atoms with Crippen LogP contribution in [0.4, 0.5) is 18.9 Å². The number of nitrogens with one attached hydrogen (secondary N) is 2. The fourth-order valence-electron chi connectivity index (χ4n) is 5.22. The van der Waals surface area contributed by atoms with Crippen molar-refractivity contribution in [3.63, 3.8) is 0 Å². The molecule has 12 nitrogen and oxygen atoms in total. The zero-order valence-electron chi connectivity index (χ0n) is 24.4. The van der Waals surface area contributed by atoms with Crippen LogP contribution in [0.1, 0.15) is 49.3 Å². The van der Waals surface area contributed by atoms with Crippen molar-refractivity contribution < 1.29 is 31.1 Å². The Morgan fingerprint density at radius 2 is 1.93 bits per heavy atom. The lowest BCUT2D eigenvalue weighted by Crippen LogP contribution is -2.41. The third kappa shape index (κ3) is 6.00. The molecule has 1 amide bonds. The van der Waals surface area contributed by atoms with E-state index in [1.165, 1.54) is 34.9 Å². The van der Waals surface area contributed by atoms with Gasteiger partial charge in [0, 0.05) is 18.7 Å². The molecule has 2 aromatic heterocycles. The van der Waals surface area contributed by atoms with Crippen LogP contribution in [0, 0.1) is 18.3 Å². The maximum Gasteiger partial charge on any atom is 0.417 e. The van der Waals surface area contributed by atoms with Gasteiger partial charge in [-0.1, -0.05) is 6.92 Å². The number of anilines is 1. The molecule has 5 rings (SSSR count). The molecule has 0 saturated carbocycles. The molecule has 1 aliphatic heterocycles. The Balaban J connectivity index is 1.47. The number of nitriles is 1. The van der Waals surface area contributed by atoms with E-state index in [1.54, 1.807) is 13.8 Å². The van der Waals surface area contributed by atoms with Crippen LogP contribution in [0.2, 0.25) is 0 Å². The number of amides is 1. The van der Waals surface area contributed by atoms with Crippen molar-refractivity contribution in [2.24, 2.45) is 0 Å². The number of sulfonamides is 1. The Morgan fingerprint density at radius 3 is 2.60 bits per heavy atom. The second-order valence-corrected chi connectivity index (χ2v) is 12.0. The summed E-state index contributed by atoms with van der Waals surface area (Å²) in [5.41, 5.74) is -1.45. The van der Waals surface area contributed by atoms with Crippen LogP contribution in [0.5, 0.6) is 5.75 Å². The molecule has 4 aromatic rings. The number of halogens is 3. The molecule has 1 aliphatic rings. The van der Waals surface area contributed by atoms with Crippen molar-refractivity contribution in [1.82, 2.24) is 24.3 Å². The number of fused-ring (bicyclic) bond motifs is 1. The molecule has 0 spiro atoms. The quantitative estimate of drug-likeness (QED) is 0.279. The van der Waals surface area contributed by atoms with Gasteiger partial charge in [-0.05, 0) is 63.1 Å². The third-order valence-electron chi connectivity index (χ3n) is 7.28. The number of rotatable bonds is 9. The van der Waals surface area contributed by atoms with Gasteiger partial charge in [0.15, 0.2) is 11.3 Å². The Morgan fingerprint density at radius 1 is 1.18 bits per heavy atom. The highest BCUT2D eigenvalue weighted by atomic mass is 32.2. The highest BCUT2D eigenvalue weighted by Gasteiger charge is 2.38. The van der Waals surface area contributed by atoms with Crippen molar-refractivity contribution in [3.05, 3.63) is 69.4 Å². The Hall–Kier alpha value is -4.75. The molecule has 45 heavy (non-hydrogen) atoms. The molecule has 1 saturated heterocycles. The minimum Gasteiger partial charge on any atom is -0.493 e. The number of nitrogens with zero attached hydrogens (tertiary/aromatic N) is 5. The van der Waals surface area contributed by atoms with Gasteiger partial charge in [-0.25, -0.2) is 17.9 Å². The normalized spacial score (nSPS) is 15.5. The number of H-pyrrole nitrogens is 1. The molecule has 0 radical (unpaired) electrons. The lowest BCUT2D eigenvalue weighted by molar-refractivity contribution is -0.137. The van der Waals surface area contributed by atoms with E-state index < -0.39 is 44.8 Å². The molecule has 1 unspecified atom stereocenters. The molecule has 2 aromatic carbocycles. The summed E-state index contributed by atoms with van der Waals surface area (Å²) in [5, 5.41) is 13.6. The number of benzene rings is 2. The van der Waals surface area contributed by atoms with Crippen molar-refractivity contribution in [2.75, 3.05) is 18.1 Å². The number of hydrogen-bond acceptors (Lipinski definition) is 8. The Labute approximate surface area is 255 Å². The fourth-order valence-corrected chi connectivity index (χ4v) is 6.47. The fraction of sp³-hybridized carbons (Fsp3) is 0.345. The first kappa shape index (κ1) is 31.7. The van der Waals surface area contributed by atoms with Gasteiger partial charge in [0.05, 0.1) is 40.0 Å². The zero-order chi connectivity index (χ0) is 32.7. The summed E-state index contributed by atoms with van der Waals surface area (Å²) in [7, 11) is -4.37. The van der Waals surface area contributed by atoms with Crippen LogP contribution in [0.3, 0.4) is 0 Å². The average molecular weight is 644 g/mol. The zero-order valence-corrected chi connectivity index (χ0v) is 25.2. The Bertz CT molecular complexity index is 2020. The molecular weight excluding hydrogens is 615 g/mol. The summed E-state index contributed by atoms with van der Waals surface area (Å²) in [6.45, 7) is 5.55. The monoisotopic (exact) mass is 643 g/mol. The van der Waals surface area contributed by atoms with E-state index in [0.717, 1.165) is 17.4 Å². The van der Waals surface area contributed by atoms with Crippen molar-refractivity contribution >= 4 is 27.1 Å². The topological polar surface area (TPSA) is 163 Å². The summed E-state index contributed by atoms with van der Waals surface area (Å²) < 4.78 is 77.0. The van der Waals surface area contributed by atoms with Gasteiger partial charge in [0.2, 0.25) is 15.9 Å². The maximum atomic E-state index is 13.5. The Kier molecular flexibility index (Phi) is 8.43. The minimum absolute atomic E-state index is 0.0188. The van der Waals surface area contributed by atoms with Crippen LogP contribution in [0.15, 0.2) is 46.1 Å². The highest BCUT2D eigenvalue weighted by molar-refractivity contribution is 7.89. The van der Waals surface area contributed by atoms with E-state index in [9.17, 15) is 31.2 Å². The van der Waals surface area contributed by atoms with Crippen LogP contribution in [-0.2, 0) is 27.4 Å². The first-order chi connectivity index (χ1) is 21.3. The van der Waals surface area contributed by atoms with Crippen LogP contribution in [0.25, 0.3) is 16.9 Å². The van der Waals surface area contributed by atoms with Crippen molar-refractivity contribution in [2.45, 2.75) is 57.1 Å². The summed E-state index contributed by atoms with van der Waals surface area (Å²) in [6.07, 6.45) is -3.55. The number of ether oxygens (including phenoxy) is 1. The van der Waals surface area contributed by atoms with E-state index in [0.29, 0.717) is 24.0 Å². The first-order valence-corrected chi connectivity index (χ1v) is 15.5. The number of aromatic nitrogens is 4. The molecule has 0 aliphatic carbocycles. The molecule has 1 fully saturated rings. The molecular formula is C29H28F3N7O5S. The number of carbonyl (C=O) groups excluding carboxylic acids is 1. The van der Waals surface area contributed by atoms with Crippen LogP contribution >= 0.6 is 0 Å². The van der Waals surface area contributed by atoms with Gasteiger partial charge in [-0.15, -0.1) is 5.10 Å². The SMILES string of the molecule is CCCc1nc(C)c2c(=O)[nH]c(-c3cc(S(=O)(=O)NC4CCN(c5ccc(C#N)c(C(F)(F)F)c5)C4=O)ccc3OCC)nn12. The standard InChI is InChI=1S/C29H28F3N7O5S/c1-4-6-24-34-16(3)25-27(40)35-26(36-39(24)25)20-14-19(9-10-23(20)44-5-2)45(42,43)37-22-11-12-38(28(22)41)18-8-7-17(15-33)21(13-18)29(30,31)32/h7-10,13-14,22,37H,4-6,11-12H2,1-3H3,(H,35,36,40). The number of imidazole rings is 1. The molecule has 3 heterocycles. The molecule has 1 atom stereocenters. The molecule has 236 valence electrons. The average Bonchev–Trinajstić information content (AvgIpc) is 3.50. The highest BCUT2D eigenvalue weighted by Crippen LogP contribution is 2.36. The number of aromatic amines is 1. The predicted octanol–water partition coefficient (Wildman–Crippen LogP) is 3.72. The number of alkyl halides is 3. The largest absolute Gasteiger partial charge is 0.493 e. The summed E-state index contributed by atoms with van der Waals surface area (Å²) in [4.78, 5) is 34.1. The van der Waals surface area contributed by atoms with E-state index in [1.807, 2.05) is 6.92 Å². The van der Waals surface area contributed by atoms with Gasteiger partial charge < -0.3 is 14.6 Å². The first-order valence-electron chi connectivity index (χ1n) is 14.0. The smallest absolute Gasteiger partial charge is 0.417 e. The number of carbonyl (C=O) groups is 1. The minimum atomic E-state index is -4.83. The van der Waals surface area contributed by atoms with E-state index in [2.05, 4.69) is 19.8 Å². The second-order valence-electron chi connectivity index (χ2n) is 10.3. The summed E-state index contributed by atoms with van der Waals surface area (Å²) >= 11 is 0. The summed E-state index contributed by atoms with van der Waals surface area (Å²) in [6, 6.07) is 7.02. The maximum absolute atomic E-state index is 13.5. The van der Waals surface area contributed by atoms with E-state index in [4.69, 9.17) is 10.00 Å². The van der Waals surface area contributed by atoms with Crippen molar-refractivity contribution in [3.8, 4) is 23.2 Å². The lowest BCUT2D eigenvalue weighted by Gasteiger charge is -2.19. The van der Waals surface area contributed by atoms with E-state index in [-0.39, 0.29) is 52.8 Å². The second kappa shape index (κ2) is 12.0. The van der Waals surface area contributed by atoms with Gasteiger partial charge in [-0.3, -0.25) is 9.59 Å².